The summed E-state index contributed by atoms with van der Waals surface area (Å²) in [7, 11) is 0. The fourth-order valence-corrected chi connectivity index (χ4v) is 1.65. The van der Waals surface area contributed by atoms with Crippen molar-refractivity contribution in [2.24, 2.45) is 0 Å². The van der Waals surface area contributed by atoms with Crippen LogP contribution in [0.25, 0.3) is 0 Å². The molecule has 4 nitrogen and oxygen atoms in total. The molecule has 1 atom stereocenters. The molecule has 0 aromatic carbocycles. The molecule has 0 bridgehead atoms. The Hall–Kier alpha value is -1.84. The highest BCUT2D eigenvalue weighted by atomic mass is 15.1. The lowest BCUT2D eigenvalue weighted by Gasteiger charge is -2.13. The van der Waals surface area contributed by atoms with Gasteiger partial charge in [0.25, 0.3) is 0 Å². The third-order valence-corrected chi connectivity index (χ3v) is 2.61. The molecule has 2 aromatic rings. The molecule has 4 heteroatoms. The minimum Gasteiger partial charge on any atom is -0.363 e. The maximum Gasteiger partial charge on any atom is 0.126 e. The molecule has 0 radical (unpaired) electrons. The van der Waals surface area contributed by atoms with E-state index >= 15 is 0 Å². The van der Waals surface area contributed by atoms with Crippen LogP contribution in [0.5, 0.6) is 0 Å². The van der Waals surface area contributed by atoms with Gasteiger partial charge in [-0.15, -0.1) is 0 Å². The van der Waals surface area contributed by atoms with Crippen LogP contribution in [-0.2, 0) is 0 Å². The van der Waals surface area contributed by atoms with Crippen molar-refractivity contribution >= 4 is 5.82 Å². The number of anilines is 1. The first-order chi connectivity index (χ1) is 7.66. The maximum absolute atomic E-state index is 4.32. The molecule has 0 saturated carbocycles. The minimum absolute atomic E-state index is 0.203. The molecular formula is C12H16N4. The van der Waals surface area contributed by atoms with E-state index in [9.17, 15) is 0 Å². The van der Waals surface area contributed by atoms with Gasteiger partial charge >= 0.3 is 0 Å². The van der Waals surface area contributed by atoms with Crippen molar-refractivity contribution in [1.82, 2.24) is 15.2 Å². The SMILES string of the molecule is Cc1ccc(NC(C)c2cn[nH]c2C)nc1. The zero-order chi connectivity index (χ0) is 11.5. The van der Waals surface area contributed by atoms with Crippen molar-refractivity contribution in [1.29, 1.82) is 0 Å². The molecule has 0 saturated heterocycles. The number of nitrogens with zero attached hydrogens (tertiary/aromatic N) is 2. The van der Waals surface area contributed by atoms with Crippen LogP contribution in [-0.4, -0.2) is 15.2 Å². The third kappa shape index (κ3) is 2.21. The van der Waals surface area contributed by atoms with E-state index < -0.39 is 0 Å². The summed E-state index contributed by atoms with van der Waals surface area (Å²) in [5.74, 6) is 0.888. The topological polar surface area (TPSA) is 53.6 Å². The Morgan fingerprint density at radius 3 is 2.62 bits per heavy atom. The van der Waals surface area contributed by atoms with Crippen LogP contribution >= 0.6 is 0 Å². The molecule has 0 aliphatic rings. The zero-order valence-electron chi connectivity index (χ0n) is 9.78. The smallest absolute Gasteiger partial charge is 0.126 e. The first-order valence-corrected chi connectivity index (χ1v) is 5.36. The Morgan fingerprint density at radius 2 is 2.06 bits per heavy atom. The van der Waals surface area contributed by atoms with Crippen LogP contribution in [0.1, 0.15) is 29.8 Å². The lowest BCUT2D eigenvalue weighted by atomic mass is 10.1. The van der Waals surface area contributed by atoms with Crippen molar-refractivity contribution in [3.8, 4) is 0 Å². The molecule has 16 heavy (non-hydrogen) atoms. The summed E-state index contributed by atoms with van der Waals surface area (Å²) in [4.78, 5) is 4.32. The number of hydrogen-bond donors (Lipinski definition) is 2. The predicted octanol–water partition coefficient (Wildman–Crippen LogP) is 2.59. The lowest BCUT2D eigenvalue weighted by Crippen LogP contribution is -2.08. The summed E-state index contributed by atoms with van der Waals surface area (Å²) in [5, 5.41) is 10.3. The van der Waals surface area contributed by atoms with E-state index in [4.69, 9.17) is 0 Å². The van der Waals surface area contributed by atoms with E-state index in [1.54, 1.807) is 0 Å². The number of aryl methyl sites for hydroxylation is 2. The molecule has 2 rings (SSSR count). The van der Waals surface area contributed by atoms with Gasteiger partial charge in [-0.05, 0) is 32.4 Å². The fourth-order valence-electron chi connectivity index (χ4n) is 1.65. The standard InChI is InChI=1S/C12H16N4/c1-8-4-5-12(13-6-8)15-9(2)11-7-14-16-10(11)3/h4-7,9H,1-3H3,(H,13,15)(H,14,16). The molecule has 84 valence electrons. The van der Waals surface area contributed by atoms with Gasteiger partial charge in [0.15, 0.2) is 0 Å². The number of nitrogens with one attached hydrogen (secondary N) is 2. The Morgan fingerprint density at radius 1 is 1.25 bits per heavy atom. The molecule has 0 spiro atoms. The predicted molar refractivity (Wildman–Crippen MR) is 64.3 cm³/mol. The summed E-state index contributed by atoms with van der Waals surface area (Å²) in [5.41, 5.74) is 3.42. The molecule has 2 aromatic heterocycles. The molecule has 0 fully saturated rings. The highest BCUT2D eigenvalue weighted by Crippen LogP contribution is 2.19. The summed E-state index contributed by atoms with van der Waals surface area (Å²) in [6.07, 6.45) is 3.71. The average Bonchev–Trinajstić information content (AvgIpc) is 2.68. The van der Waals surface area contributed by atoms with Crippen LogP contribution in [0, 0.1) is 13.8 Å². The highest BCUT2D eigenvalue weighted by molar-refractivity contribution is 5.39. The maximum atomic E-state index is 4.32. The number of H-pyrrole nitrogens is 1. The van der Waals surface area contributed by atoms with Gasteiger partial charge in [-0.1, -0.05) is 6.07 Å². The highest BCUT2D eigenvalue weighted by Gasteiger charge is 2.09. The van der Waals surface area contributed by atoms with E-state index in [2.05, 4.69) is 27.4 Å². The van der Waals surface area contributed by atoms with Crippen molar-refractivity contribution in [2.75, 3.05) is 5.32 Å². The Bertz CT molecular complexity index is 458. The van der Waals surface area contributed by atoms with Crippen molar-refractivity contribution in [3.63, 3.8) is 0 Å². The van der Waals surface area contributed by atoms with Gasteiger partial charge in [-0.2, -0.15) is 5.10 Å². The summed E-state index contributed by atoms with van der Waals surface area (Å²) >= 11 is 0. The van der Waals surface area contributed by atoms with Crippen LogP contribution in [0.3, 0.4) is 0 Å². The molecule has 0 aliphatic heterocycles. The average molecular weight is 216 g/mol. The molecule has 0 amide bonds. The van der Waals surface area contributed by atoms with Crippen molar-refractivity contribution in [3.05, 3.63) is 41.3 Å². The fraction of sp³-hybridized carbons (Fsp3) is 0.333. The van der Waals surface area contributed by atoms with E-state index in [1.165, 1.54) is 5.56 Å². The molecule has 0 aliphatic carbocycles. The van der Waals surface area contributed by atoms with Gasteiger partial charge in [-0.25, -0.2) is 4.98 Å². The van der Waals surface area contributed by atoms with Gasteiger partial charge in [-0.3, -0.25) is 5.10 Å². The Kier molecular flexibility index (Phi) is 2.90. The Balaban J connectivity index is 2.10. The van der Waals surface area contributed by atoms with E-state index in [1.807, 2.05) is 38.4 Å². The summed E-state index contributed by atoms with van der Waals surface area (Å²) < 4.78 is 0. The van der Waals surface area contributed by atoms with Crippen molar-refractivity contribution in [2.45, 2.75) is 26.8 Å². The first-order valence-electron chi connectivity index (χ1n) is 5.36. The normalized spacial score (nSPS) is 12.4. The van der Waals surface area contributed by atoms with E-state index in [0.29, 0.717) is 0 Å². The number of aromatic amines is 1. The quantitative estimate of drug-likeness (QED) is 0.829. The second-order valence-corrected chi connectivity index (χ2v) is 4.04. The number of rotatable bonds is 3. The second kappa shape index (κ2) is 4.35. The van der Waals surface area contributed by atoms with Gasteiger partial charge in [0.2, 0.25) is 0 Å². The van der Waals surface area contributed by atoms with Gasteiger partial charge in [0.1, 0.15) is 5.82 Å². The monoisotopic (exact) mass is 216 g/mol. The Labute approximate surface area is 95.1 Å². The van der Waals surface area contributed by atoms with E-state index in [0.717, 1.165) is 17.1 Å². The second-order valence-electron chi connectivity index (χ2n) is 4.04. The number of hydrogen-bond acceptors (Lipinski definition) is 3. The van der Waals surface area contributed by atoms with E-state index in [-0.39, 0.29) is 6.04 Å². The summed E-state index contributed by atoms with van der Waals surface area (Å²) in [6.45, 7) is 6.14. The molecule has 2 heterocycles. The molecule has 2 N–H and O–H groups in total. The van der Waals surface area contributed by atoms with Gasteiger partial charge < -0.3 is 5.32 Å². The van der Waals surface area contributed by atoms with Gasteiger partial charge in [0, 0.05) is 17.5 Å². The third-order valence-electron chi connectivity index (χ3n) is 2.61. The van der Waals surface area contributed by atoms with Gasteiger partial charge in [0.05, 0.1) is 12.2 Å². The number of pyridine rings is 1. The lowest BCUT2D eigenvalue weighted by molar-refractivity contribution is 0.864. The van der Waals surface area contributed by atoms with Crippen LogP contribution in [0.2, 0.25) is 0 Å². The summed E-state index contributed by atoms with van der Waals surface area (Å²) in [6, 6.07) is 4.24. The number of aromatic nitrogens is 3. The molecule has 1 unspecified atom stereocenters. The largest absolute Gasteiger partial charge is 0.363 e. The molecular weight excluding hydrogens is 200 g/mol. The van der Waals surface area contributed by atoms with Crippen molar-refractivity contribution < 1.29 is 0 Å². The zero-order valence-corrected chi connectivity index (χ0v) is 9.78. The van der Waals surface area contributed by atoms with Crippen LogP contribution in [0.15, 0.2) is 24.5 Å². The van der Waals surface area contributed by atoms with Crippen LogP contribution in [0.4, 0.5) is 5.82 Å². The first kappa shape index (κ1) is 10.7. The van der Waals surface area contributed by atoms with Crippen LogP contribution < -0.4 is 5.32 Å². The minimum atomic E-state index is 0.203.